The van der Waals surface area contributed by atoms with Crippen LogP contribution in [0.2, 0.25) is 33.2 Å². The second-order valence-corrected chi connectivity index (χ2v) is 26.7. The minimum atomic E-state index is -2.06. The monoisotopic (exact) mass is 590 g/mol. The van der Waals surface area contributed by atoms with Crippen LogP contribution in [0, 0.1) is 0 Å². The average molecular weight is 591 g/mol. The summed E-state index contributed by atoms with van der Waals surface area (Å²) in [7, 11) is -4.11. The van der Waals surface area contributed by atoms with Crippen molar-refractivity contribution in [2.24, 2.45) is 0 Å². The van der Waals surface area contributed by atoms with Crippen LogP contribution in [-0.4, -0.2) is 16.1 Å². The Morgan fingerprint density at radius 3 is 0.690 bits per heavy atom. The molecule has 0 unspecified atom stereocenters. The Balaban J connectivity index is 2.23. The number of hydrogen-bond donors (Lipinski definition) is 0. The molecule has 0 aromatic heterocycles. The predicted octanol–water partition coefficient (Wildman–Crippen LogP) is 12.1. The van der Waals surface area contributed by atoms with Gasteiger partial charge in [0.1, 0.15) is 0 Å². The van der Waals surface area contributed by atoms with E-state index in [1.807, 2.05) is 0 Å². The summed E-state index contributed by atoms with van der Waals surface area (Å²) in [6, 6.07) is 28.7. The summed E-state index contributed by atoms with van der Waals surface area (Å²) >= 11 is 0. The molecule has 5 aromatic carbocycles. The van der Waals surface area contributed by atoms with Gasteiger partial charge < -0.3 is 0 Å². The van der Waals surface area contributed by atoms with E-state index >= 15 is 0 Å². The second kappa shape index (κ2) is 11.3. The smallest absolute Gasteiger partial charge is 0.0648 e. The summed E-state index contributed by atoms with van der Waals surface area (Å²) in [4.78, 5) is 0. The molecule has 5 rings (SSSR count). The standard InChI is InChI=1S/C40H54Si2/c1-25(2)41(26(3)4,27(5)6)39-35-21-31-17-13-15-19-33(31)23-37(35)40(42(28(7)8,29(9)10)30(11)12)38-24-34-20-16-14-18-32(34)22-36(38)39/h13-30H,1-12H3. The van der Waals surface area contributed by atoms with Gasteiger partial charge in [-0.3, -0.25) is 0 Å². The molecule has 42 heavy (non-hydrogen) atoms. The number of benzene rings is 5. The number of hydrogen-bond acceptors (Lipinski definition) is 0. The van der Waals surface area contributed by atoms with Gasteiger partial charge in [0.05, 0.1) is 16.1 Å². The summed E-state index contributed by atoms with van der Waals surface area (Å²) in [5.41, 5.74) is 3.81. The molecule has 0 saturated carbocycles. The first-order chi connectivity index (χ1) is 19.8. The van der Waals surface area contributed by atoms with E-state index in [0.717, 1.165) is 0 Å². The van der Waals surface area contributed by atoms with Crippen molar-refractivity contribution in [3.05, 3.63) is 72.8 Å². The van der Waals surface area contributed by atoms with Crippen molar-refractivity contribution in [3.8, 4) is 0 Å². The van der Waals surface area contributed by atoms with Crippen molar-refractivity contribution in [2.75, 3.05) is 0 Å². The Kier molecular flexibility index (Phi) is 8.31. The van der Waals surface area contributed by atoms with Gasteiger partial charge in [0, 0.05) is 0 Å². The largest absolute Gasteiger partial charge is 0.0958 e. The first-order valence-corrected chi connectivity index (χ1v) is 21.1. The minimum Gasteiger partial charge on any atom is -0.0648 e. The summed E-state index contributed by atoms with van der Waals surface area (Å²) in [5.74, 6) is 0. The maximum atomic E-state index is 2.62. The van der Waals surface area contributed by atoms with Gasteiger partial charge >= 0.3 is 0 Å². The van der Waals surface area contributed by atoms with Crippen LogP contribution in [0.4, 0.5) is 0 Å². The van der Waals surface area contributed by atoms with E-state index in [1.165, 1.54) is 21.5 Å². The molecule has 222 valence electrons. The maximum Gasteiger partial charge on any atom is 0.0958 e. The molecule has 0 N–H and O–H groups in total. The molecule has 0 heterocycles. The molecule has 0 aliphatic rings. The zero-order chi connectivity index (χ0) is 30.7. The first kappa shape index (κ1) is 31.0. The Labute approximate surface area is 257 Å². The van der Waals surface area contributed by atoms with Crippen LogP contribution < -0.4 is 10.4 Å². The van der Waals surface area contributed by atoms with Crippen molar-refractivity contribution in [1.29, 1.82) is 0 Å². The molecule has 0 fully saturated rings. The van der Waals surface area contributed by atoms with E-state index in [2.05, 4.69) is 156 Å². The van der Waals surface area contributed by atoms with Gasteiger partial charge in [0.25, 0.3) is 0 Å². The lowest BCUT2D eigenvalue weighted by molar-refractivity contribution is 0.835. The number of fused-ring (bicyclic) bond motifs is 4. The highest BCUT2D eigenvalue weighted by Crippen LogP contribution is 2.48. The van der Waals surface area contributed by atoms with Crippen LogP contribution in [0.15, 0.2) is 72.8 Å². The highest BCUT2D eigenvalue weighted by atomic mass is 28.3. The summed E-state index contributed by atoms with van der Waals surface area (Å²) < 4.78 is 0. The van der Waals surface area contributed by atoms with Gasteiger partial charge in [-0.05, 0) is 111 Å². The van der Waals surface area contributed by atoms with Gasteiger partial charge in [-0.25, -0.2) is 0 Å². The van der Waals surface area contributed by atoms with Crippen LogP contribution in [0.25, 0.3) is 43.1 Å². The van der Waals surface area contributed by atoms with Crippen LogP contribution in [0.1, 0.15) is 83.1 Å². The molecular weight excluding hydrogens is 537 g/mol. The Bertz CT molecular complexity index is 1480. The van der Waals surface area contributed by atoms with Gasteiger partial charge in [-0.15, -0.1) is 0 Å². The summed E-state index contributed by atoms with van der Waals surface area (Å²) in [5, 5.41) is 15.2. The molecule has 5 aromatic rings. The highest BCUT2D eigenvalue weighted by molar-refractivity contribution is 7.01. The quantitative estimate of drug-likeness (QED) is 0.124. The first-order valence-electron chi connectivity index (χ1n) is 16.6. The fraction of sp³-hybridized carbons (Fsp3) is 0.450. The molecule has 0 nitrogen and oxygen atoms in total. The lowest BCUT2D eigenvalue weighted by Crippen LogP contribution is -2.59. The third-order valence-corrected chi connectivity index (χ3v) is 25.7. The average Bonchev–Trinajstić information content (AvgIpc) is 2.91. The minimum absolute atomic E-state index is 0.634. The maximum absolute atomic E-state index is 2.62. The molecule has 0 spiro atoms. The number of rotatable bonds is 8. The van der Waals surface area contributed by atoms with E-state index in [9.17, 15) is 0 Å². The van der Waals surface area contributed by atoms with E-state index in [4.69, 9.17) is 0 Å². The van der Waals surface area contributed by atoms with E-state index in [-0.39, 0.29) is 0 Å². The topological polar surface area (TPSA) is 0 Å². The Morgan fingerprint density at radius 2 is 0.524 bits per heavy atom. The summed E-state index contributed by atoms with van der Waals surface area (Å²) in [6.07, 6.45) is 0. The van der Waals surface area contributed by atoms with Crippen LogP contribution in [0.3, 0.4) is 0 Å². The Hall–Kier alpha value is -2.43. The van der Waals surface area contributed by atoms with E-state index in [1.54, 1.807) is 31.9 Å². The van der Waals surface area contributed by atoms with Crippen LogP contribution in [-0.2, 0) is 0 Å². The molecule has 0 aliphatic heterocycles. The van der Waals surface area contributed by atoms with Crippen molar-refractivity contribution >= 4 is 69.6 Å². The second-order valence-electron chi connectivity index (χ2n) is 15.0. The molecule has 0 atom stereocenters. The Morgan fingerprint density at radius 1 is 0.333 bits per heavy atom. The fourth-order valence-corrected chi connectivity index (χ4v) is 24.4. The highest BCUT2D eigenvalue weighted by Gasteiger charge is 2.50. The van der Waals surface area contributed by atoms with Crippen molar-refractivity contribution in [2.45, 2.75) is 116 Å². The van der Waals surface area contributed by atoms with Crippen LogP contribution >= 0.6 is 0 Å². The molecule has 0 amide bonds. The third-order valence-electron chi connectivity index (χ3n) is 11.4. The molecule has 0 radical (unpaired) electrons. The molecule has 0 aliphatic carbocycles. The molecule has 0 bridgehead atoms. The van der Waals surface area contributed by atoms with E-state index in [0.29, 0.717) is 33.2 Å². The fourth-order valence-electron chi connectivity index (χ4n) is 10.3. The van der Waals surface area contributed by atoms with Crippen molar-refractivity contribution in [3.63, 3.8) is 0 Å². The normalized spacial score (nSPS) is 13.6. The van der Waals surface area contributed by atoms with Gasteiger partial charge in [-0.1, -0.05) is 132 Å². The van der Waals surface area contributed by atoms with Gasteiger partial charge in [0.15, 0.2) is 0 Å². The lowest BCUT2D eigenvalue weighted by Gasteiger charge is -2.48. The zero-order valence-electron chi connectivity index (χ0n) is 28.4. The van der Waals surface area contributed by atoms with Gasteiger partial charge in [-0.2, -0.15) is 0 Å². The lowest BCUT2D eigenvalue weighted by atomic mass is 9.97. The van der Waals surface area contributed by atoms with Crippen molar-refractivity contribution < 1.29 is 0 Å². The van der Waals surface area contributed by atoms with E-state index < -0.39 is 16.1 Å². The van der Waals surface area contributed by atoms with Crippen molar-refractivity contribution in [1.82, 2.24) is 0 Å². The third kappa shape index (κ3) is 4.34. The molecule has 2 heteroatoms. The predicted molar refractivity (Wildman–Crippen MR) is 198 cm³/mol. The van der Waals surface area contributed by atoms with Crippen LogP contribution in [0.5, 0.6) is 0 Å². The van der Waals surface area contributed by atoms with Gasteiger partial charge in [0.2, 0.25) is 0 Å². The zero-order valence-corrected chi connectivity index (χ0v) is 30.4. The molecule has 0 saturated heterocycles. The summed E-state index contributed by atoms with van der Waals surface area (Å²) in [6.45, 7) is 30.4. The SMILES string of the molecule is CC(C)[Si](c1c2cc3ccccc3cc2c([Si](C(C)C)(C(C)C)C(C)C)c2cc3ccccc3cc12)(C(C)C)C(C)C. The molecular formula is C40H54Si2.